The Bertz CT molecular complexity index is 746. The maximum Gasteiger partial charge on any atom is 0.255 e. The molecule has 2 nitrogen and oxygen atoms in total. The molecule has 0 atom stereocenters. The van der Waals surface area contributed by atoms with Crippen LogP contribution in [0.1, 0.15) is 68.9 Å². The highest BCUT2D eigenvalue weighted by atomic mass is 16.1. The van der Waals surface area contributed by atoms with Crippen molar-refractivity contribution in [3.05, 3.63) is 71.3 Å². The van der Waals surface area contributed by atoms with Crippen LogP contribution < -0.4 is 5.32 Å². The zero-order chi connectivity index (χ0) is 19.2. The summed E-state index contributed by atoms with van der Waals surface area (Å²) in [5, 5.41) is 2.97. The summed E-state index contributed by atoms with van der Waals surface area (Å²) >= 11 is 0. The van der Waals surface area contributed by atoms with E-state index in [-0.39, 0.29) is 11.3 Å². The number of benzene rings is 2. The Morgan fingerprint density at radius 3 is 2.08 bits per heavy atom. The summed E-state index contributed by atoms with van der Waals surface area (Å²) in [7, 11) is 0. The van der Waals surface area contributed by atoms with E-state index in [9.17, 15) is 4.79 Å². The molecule has 0 spiro atoms. The molecule has 0 unspecified atom stereocenters. The van der Waals surface area contributed by atoms with E-state index in [0.29, 0.717) is 5.56 Å². The van der Waals surface area contributed by atoms with Crippen LogP contribution in [-0.2, 0) is 6.42 Å². The van der Waals surface area contributed by atoms with Crippen molar-refractivity contribution in [1.82, 2.24) is 0 Å². The zero-order valence-corrected chi connectivity index (χ0v) is 16.7. The van der Waals surface area contributed by atoms with Gasteiger partial charge in [0.1, 0.15) is 0 Å². The van der Waals surface area contributed by atoms with Crippen LogP contribution in [0.15, 0.2) is 54.6 Å². The quantitative estimate of drug-likeness (QED) is 0.615. The molecule has 1 N–H and O–H groups in total. The summed E-state index contributed by atoms with van der Waals surface area (Å²) in [6.07, 6.45) is 5.73. The van der Waals surface area contributed by atoms with E-state index in [1.54, 1.807) is 0 Å². The Hall–Kier alpha value is -2.35. The van der Waals surface area contributed by atoms with Gasteiger partial charge in [-0.25, -0.2) is 0 Å². The first kappa shape index (κ1) is 20.0. The van der Waals surface area contributed by atoms with Gasteiger partial charge in [-0.2, -0.15) is 0 Å². The van der Waals surface area contributed by atoms with Gasteiger partial charge < -0.3 is 5.32 Å². The first-order valence-corrected chi connectivity index (χ1v) is 9.48. The number of allylic oxidation sites excluding steroid dienone is 2. The molecule has 2 rings (SSSR count). The number of nitrogens with one attached hydrogen (secondary N) is 1. The highest BCUT2D eigenvalue weighted by molar-refractivity contribution is 6.04. The molecule has 0 fully saturated rings. The summed E-state index contributed by atoms with van der Waals surface area (Å²) in [4.78, 5) is 12.5. The smallest absolute Gasteiger partial charge is 0.255 e. The van der Waals surface area contributed by atoms with Crippen molar-refractivity contribution in [2.75, 3.05) is 5.32 Å². The predicted octanol–water partition coefficient (Wildman–Crippen LogP) is 6.73. The summed E-state index contributed by atoms with van der Waals surface area (Å²) in [6, 6.07) is 16.0. The van der Waals surface area contributed by atoms with E-state index < -0.39 is 0 Å². The second kappa shape index (κ2) is 8.84. The number of carbonyl (C=O) groups excluding carboxylic acids is 1. The van der Waals surface area contributed by atoms with Crippen molar-refractivity contribution in [2.45, 2.75) is 53.9 Å². The first-order valence-electron chi connectivity index (χ1n) is 9.48. The van der Waals surface area contributed by atoms with Gasteiger partial charge in [-0.05, 0) is 66.1 Å². The van der Waals surface area contributed by atoms with Crippen LogP contribution in [0.4, 0.5) is 5.69 Å². The zero-order valence-electron chi connectivity index (χ0n) is 16.7. The lowest BCUT2D eigenvalue weighted by molar-refractivity contribution is 0.102. The largest absolute Gasteiger partial charge is 0.322 e. The standard InChI is InChI=1S/C24H31NO/c1-6-7-8-19-9-15-22(16-10-19)25-23(26)21-13-11-20(12-14-21)18(2)17-24(3,4)5/h9-17H,6-8H2,1-5H3,(H,25,26)/b18-17+. The summed E-state index contributed by atoms with van der Waals surface area (Å²) < 4.78 is 0. The number of carbonyl (C=O) groups is 1. The third-order valence-corrected chi connectivity index (χ3v) is 4.28. The molecule has 0 saturated carbocycles. The Morgan fingerprint density at radius 2 is 1.54 bits per heavy atom. The Balaban J connectivity index is 2.03. The van der Waals surface area contributed by atoms with Gasteiger partial charge in [0.2, 0.25) is 0 Å². The molecule has 0 aliphatic rings. The van der Waals surface area contributed by atoms with Crippen molar-refractivity contribution in [3.8, 4) is 0 Å². The van der Waals surface area contributed by atoms with Gasteiger partial charge >= 0.3 is 0 Å². The first-order chi connectivity index (χ1) is 12.3. The summed E-state index contributed by atoms with van der Waals surface area (Å²) in [5.41, 5.74) is 5.35. The number of anilines is 1. The van der Waals surface area contributed by atoms with E-state index >= 15 is 0 Å². The molecule has 0 bridgehead atoms. The van der Waals surface area contributed by atoms with Crippen LogP contribution in [0.5, 0.6) is 0 Å². The lowest BCUT2D eigenvalue weighted by Gasteiger charge is -2.14. The molecule has 2 aromatic rings. The lowest BCUT2D eigenvalue weighted by Crippen LogP contribution is -2.11. The average molecular weight is 350 g/mol. The van der Waals surface area contributed by atoms with Gasteiger partial charge in [0.15, 0.2) is 0 Å². The van der Waals surface area contributed by atoms with Crippen molar-refractivity contribution in [1.29, 1.82) is 0 Å². The Labute approximate surface area is 158 Å². The van der Waals surface area contributed by atoms with Gasteiger partial charge in [0.05, 0.1) is 0 Å². The summed E-state index contributed by atoms with van der Waals surface area (Å²) in [6.45, 7) is 10.9. The fourth-order valence-electron chi connectivity index (χ4n) is 2.96. The number of unbranched alkanes of at least 4 members (excludes halogenated alkanes) is 1. The molecule has 0 aliphatic heterocycles. The molecule has 0 saturated heterocycles. The SMILES string of the molecule is CCCCc1ccc(NC(=O)c2ccc(/C(C)=C/C(C)(C)C)cc2)cc1. The number of rotatable bonds is 6. The normalized spacial score (nSPS) is 12.1. The minimum absolute atomic E-state index is 0.0738. The third kappa shape index (κ3) is 6.18. The highest BCUT2D eigenvalue weighted by Crippen LogP contribution is 2.23. The topological polar surface area (TPSA) is 29.1 Å². The predicted molar refractivity (Wildman–Crippen MR) is 113 cm³/mol. The van der Waals surface area contributed by atoms with E-state index in [2.05, 4.69) is 58.1 Å². The van der Waals surface area contributed by atoms with E-state index in [1.807, 2.05) is 36.4 Å². The molecule has 1 amide bonds. The van der Waals surface area contributed by atoms with Crippen LogP contribution in [0.25, 0.3) is 5.57 Å². The summed E-state index contributed by atoms with van der Waals surface area (Å²) in [5.74, 6) is -0.0738. The third-order valence-electron chi connectivity index (χ3n) is 4.28. The average Bonchev–Trinajstić information content (AvgIpc) is 2.60. The fourth-order valence-corrected chi connectivity index (χ4v) is 2.96. The van der Waals surface area contributed by atoms with Crippen LogP contribution in [0, 0.1) is 5.41 Å². The second-order valence-electron chi connectivity index (χ2n) is 8.03. The van der Waals surface area contributed by atoms with Gasteiger partial charge in [0, 0.05) is 11.3 Å². The second-order valence-corrected chi connectivity index (χ2v) is 8.03. The molecule has 2 aromatic carbocycles. The maximum absolute atomic E-state index is 12.5. The molecular weight excluding hydrogens is 318 g/mol. The van der Waals surface area contributed by atoms with Crippen LogP contribution in [0.3, 0.4) is 0 Å². The van der Waals surface area contributed by atoms with Crippen LogP contribution in [-0.4, -0.2) is 5.91 Å². The van der Waals surface area contributed by atoms with E-state index in [4.69, 9.17) is 0 Å². The van der Waals surface area contributed by atoms with Crippen molar-refractivity contribution in [3.63, 3.8) is 0 Å². The molecule has 2 heteroatoms. The van der Waals surface area contributed by atoms with Gasteiger partial charge in [0.25, 0.3) is 5.91 Å². The minimum Gasteiger partial charge on any atom is -0.322 e. The van der Waals surface area contributed by atoms with Crippen molar-refractivity contribution < 1.29 is 4.79 Å². The fraction of sp³-hybridized carbons (Fsp3) is 0.375. The number of hydrogen-bond donors (Lipinski definition) is 1. The monoisotopic (exact) mass is 349 g/mol. The molecule has 0 aliphatic carbocycles. The molecular formula is C24H31NO. The number of hydrogen-bond acceptors (Lipinski definition) is 1. The van der Waals surface area contributed by atoms with Gasteiger partial charge in [-0.15, -0.1) is 0 Å². The van der Waals surface area contributed by atoms with E-state index in [1.165, 1.54) is 24.0 Å². The minimum atomic E-state index is -0.0738. The Morgan fingerprint density at radius 1 is 0.962 bits per heavy atom. The Kier molecular flexibility index (Phi) is 6.79. The number of aryl methyl sites for hydroxylation is 1. The van der Waals surface area contributed by atoms with Crippen LogP contribution >= 0.6 is 0 Å². The molecule has 26 heavy (non-hydrogen) atoms. The highest BCUT2D eigenvalue weighted by Gasteiger charge is 2.09. The van der Waals surface area contributed by atoms with E-state index in [0.717, 1.165) is 17.7 Å². The number of amides is 1. The molecule has 0 radical (unpaired) electrons. The lowest BCUT2D eigenvalue weighted by atomic mass is 9.91. The molecule has 0 heterocycles. The molecule has 138 valence electrons. The molecule has 0 aromatic heterocycles. The van der Waals surface area contributed by atoms with Crippen LogP contribution in [0.2, 0.25) is 0 Å². The van der Waals surface area contributed by atoms with Crippen molar-refractivity contribution >= 4 is 17.2 Å². The van der Waals surface area contributed by atoms with Gasteiger partial charge in [-0.3, -0.25) is 4.79 Å². The van der Waals surface area contributed by atoms with Gasteiger partial charge in [-0.1, -0.05) is 64.5 Å². The maximum atomic E-state index is 12.5. The van der Waals surface area contributed by atoms with Crippen molar-refractivity contribution in [2.24, 2.45) is 5.41 Å².